The summed E-state index contributed by atoms with van der Waals surface area (Å²) in [6.45, 7) is 1.45. The van der Waals surface area contributed by atoms with Crippen molar-refractivity contribution in [3.05, 3.63) is 0 Å². The summed E-state index contributed by atoms with van der Waals surface area (Å²) >= 11 is 1.75. The van der Waals surface area contributed by atoms with Crippen LogP contribution in [0.5, 0.6) is 0 Å². The van der Waals surface area contributed by atoms with Crippen LogP contribution >= 0.6 is 11.8 Å². The van der Waals surface area contributed by atoms with Crippen molar-refractivity contribution >= 4 is 21.6 Å². The zero-order chi connectivity index (χ0) is 8.74. The molecule has 0 atom stereocenters. The van der Waals surface area contributed by atoms with Crippen molar-refractivity contribution in [2.24, 2.45) is 0 Å². The number of nitrogens with one attached hydrogen (secondary N) is 1. The van der Waals surface area contributed by atoms with Crippen LogP contribution < -0.4 is 5.32 Å². The molecule has 0 aromatic heterocycles. The molecule has 0 radical (unpaired) electrons. The number of hydrogen-bond donors (Lipinski definition) is 1. The van der Waals surface area contributed by atoms with Crippen LogP contribution in [-0.2, 0) is 9.84 Å². The molecule has 0 saturated carbocycles. The Hall–Kier alpha value is 0.260. The summed E-state index contributed by atoms with van der Waals surface area (Å²) in [6.07, 6.45) is 3.28. The van der Waals surface area contributed by atoms with Gasteiger partial charge in [-0.2, -0.15) is 11.8 Å². The lowest BCUT2D eigenvalue weighted by Crippen LogP contribution is -2.24. The highest BCUT2D eigenvalue weighted by atomic mass is 32.2. The second-order valence-corrected chi connectivity index (χ2v) is 5.62. The Labute approximate surface area is 72.9 Å². The molecule has 0 aromatic rings. The summed E-state index contributed by atoms with van der Waals surface area (Å²) in [6, 6.07) is 0. The van der Waals surface area contributed by atoms with Crippen molar-refractivity contribution in [1.29, 1.82) is 0 Å². The van der Waals surface area contributed by atoms with Crippen LogP contribution in [0.4, 0.5) is 0 Å². The van der Waals surface area contributed by atoms with E-state index in [1.807, 2.05) is 6.26 Å². The summed E-state index contributed by atoms with van der Waals surface area (Å²) in [7, 11) is -2.78. The van der Waals surface area contributed by atoms with Crippen molar-refractivity contribution < 1.29 is 8.42 Å². The normalized spacial score (nSPS) is 11.8. The number of thioether (sulfide) groups is 1. The van der Waals surface area contributed by atoms with Gasteiger partial charge < -0.3 is 5.32 Å². The molecule has 0 rings (SSSR count). The van der Waals surface area contributed by atoms with Gasteiger partial charge in [0, 0.05) is 25.1 Å². The molecule has 0 saturated heterocycles. The minimum Gasteiger partial charge on any atom is -0.315 e. The van der Waals surface area contributed by atoms with E-state index in [1.54, 1.807) is 11.8 Å². The van der Waals surface area contributed by atoms with E-state index in [-0.39, 0.29) is 5.75 Å². The summed E-state index contributed by atoms with van der Waals surface area (Å²) < 4.78 is 21.2. The number of rotatable bonds is 6. The Morgan fingerprint density at radius 2 is 2.00 bits per heavy atom. The van der Waals surface area contributed by atoms with Crippen LogP contribution in [0.2, 0.25) is 0 Å². The third-order valence-electron chi connectivity index (χ3n) is 1.13. The van der Waals surface area contributed by atoms with Gasteiger partial charge in [0.1, 0.15) is 9.84 Å². The predicted molar refractivity (Wildman–Crippen MR) is 51.0 cm³/mol. The molecule has 1 N–H and O–H groups in total. The van der Waals surface area contributed by atoms with E-state index in [2.05, 4.69) is 5.32 Å². The number of hydrogen-bond acceptors (Lipinski definition) is 4. The Morgan fingerprint density at radius 3 is 2.45 bits per heavy atom. The molecular weight excluding hydrogens is 182 g/mol. The zero-order valence-corrected chi connectivity index (χ0v) is 8.59. The molecule has 0 heterocycles. The summed E-state index contributed by atoms with van der Waals surface area (Å²) in [5, 5.41) is 3.04. The zero-order valence-electron chi connectivity index (χ0n) is 6.96. The van der Waals surface area contributed by atoms with Gasteiger partial charge in [-0.15, -0.1) is 0 Å². The van der Waals surface area contributed by atoms with Gasteiger partial charge in [0.05, 0.1) is 5.75 Å². The quantitative estimate of drug-likeness (QED) is 0.608. The second kappa shape index (κ2) is 5.85. The summed E-state index contributed by atoms with van der Waals surface area (Å²) in [5.41, 5.74) is 0. The lowest BCUT2D eigenvalue weighted by atomic mass is 10.7. The fraction of sp³-hybridized carbons (Fsp3) is 1.00. The minimum atomic E-state index is -2.78. The smallest absolute Gasteiger partial charge is 0.148 e. The van der Waals surface area contributed by atoms with Gasteiger partial charge >= 0.3 is 0 Å². The molecule has 0 unspecified atom stereocenters. The average Bonchev–Trinajstić information content (AvgIpc) is 1.85. The Morgan fingerprint density at radius 1 is 1.36 bits per heavy atom. The maximum Gasteiger partial charge on any atom is 0.148 e. The third-order valence-corrected chi connectivity index (χ3v) is 2.69. The Bertz CT molecular complexity index is 177. The first kappa shape index (κ1) is 11.3. The van der Waals surface area contributed by atoms with Crippen LogP contribution in [0.15, 0.2) is 0 Å². The Balaban J connectivity index is 3.16. The average molecular weight is 197 g/mol. The molecule has 68 valence electrons. The summed E-state index contributed by atoms with van der Waals surface area (Å²) in [5.74, 6) is 1.27. The monoisotopic (exact) mass is 197 g/mol. The van der Waals surface area contributed by atoms with Crippen molar-refractivity contribution in [1.82, 2.24) is 5.32 Å². The molecule has 11 heavy (non-hydrogen) atoms. The van der Waals surface area contributed by atoms with Crippen LogP contribution in [-0.4, -0.2) is 45.5 Å². The largest absolute Gasteiger partial charge is 0.315 e. The minimum absolute atomic E-state index is 0.237. The summed E-state index contributed by atoms with van der Waals surface area (Å²) in [4.78, 5) is 0. The van der Waals surface area contributed by atoms with Gasteiger partial charge in [0.25, 0.3) is 0 Å². The number of sulfone groups is 1. The van der Waals surface area contributed by atoms with Crippen LogP contribution in [0.1, 0.15) is 0 Å². The molecule has 0 aromatic carbocycles. The van der Waals surface area contributed by atoms with Gasteiger partial charge in [-0.25, -0.2) is 8.42 Å². The first-order chi connectivity index (χ1) is 5.06. The maximum absolute atomic E-state index is 10.6. The van der Waals surface area contributed by atoms with Gasteiger partial charge in [-0.1, -0.05) is 0 Å². The van der Waals surface area contributed by atoms with E-state index in [0.717, 1.165) is 12.3 Å². The van der Waals surface area contributed by atoms with Crippen molar-refractivity contribution in [3.63, 3.8) is 0 Å². The highest BCUT2D eigenvalue weighted by Gasteiger charge is 1.99. The first-order valence-corrected chi connectivity index (χ1v) is 6.89. The van der Waals surface area contributed by atoms with E-state index in [9.17, 15) is 8.42 Å². The van der Waals surface area contributed by atoms with Crippen LogP contribution in [0, 0.1) is 0 Å². The van der Waals surface area contributed by atoms with Crippen molar-refractivity contribution in [2.45, 2.75) is 0 Å². The molecular formula is C6H15NO2S2. The molecule has 0 aliphatic carbocycles. The highest BCUT2D eigenvalue weighted by Crippen LogP contribution is 1.87. The van der Waals surface area contributed by atoms with Gasteiger partial charge in [0.15, 0.2) is 0 Å². The third kappa shape index (κ3) is 10.3. The van der Waals surface area contributed by atoms with E-state index >= 15 is 0 Å². The lowest BCUT2D eigenvalue weighted by Gasteiger charge is -2.00. The van der Waals surface area contributed by atoms with Crippen molar-refractivity contribution in [3.8, 4) is 0 Å². The van der Waals surface area contributed by atoms with Gasteiger partial charge in [-0.05, 0) is 6.26 Å². The first-order valence-electron chi connectivity index (χ1n) is 3.43. The van der Waals surface area contributed by atoms with Gasteiger partial charge in [-0.3, -0.25) is 0 Å². The molecule has 0 amide bonds. The topological polar surface area (TPSA) is 46.2 Å². The van der Waals surface area contributed by atoms with Crippen molar-refractivity contribution in [2.75, 3.05) is 37.1 Å². The molecule has 0 spiro atoms. The standard InChI is InChI=1S/C6H15NO2S2/c1-10-5-3-7-4-6-11(2,8)9/h7H,3-6H2,1-2H3. The maximum atomic E-state index is 10.6. The predicted octanol–water partition coefficient (Wildman–Crippen LogP) is -0.0164. The van der Waals surface area contributed by atoms with Crippen LogP contribution in [0.3, 0.4) is 0 Å². The SMILES string of the molecule is CSCCNCCS(C)(=O)=O. The van der Waals surface area contributed by atoms with E-state index in [4.69, 9.17) is 0 Å². The molecule has 0 fully saturated rings. The molecule has 3 nitrogen and oxygen atoms in total. The molecule has 5 heteroatoms. The van der Waals surface area contributed by atoms with Gasteiger partial charge in [0.2, 0.25) is 0 Å². The van der Waals surface area contributed by atoms with E-state index < -0.39 is 9.84 Å². The fourth-order valence-electron chi connectivity index (χ4n) is 0.557. The Kier molecular flexibility index (Phi) is 5.99. The molecule has 0 bridgehead atoms. The highest BCUT2D eigenvalue weighted by molar-refractivity contribution is 7.98. The molecule has 0 aliphatic rings. The molecule has 0 aliphatic heterocycles. The lowest BCUT2D eigenvalue weighted by molar-refractivity contribution is 0.598. The second-order valence-electron chi connectivity index (χ2n) is 2.37. The fourth-order valence-corrected chi connectivity index (χ4v) is 1.42. The van der Waals surface area contributed by atoms with E-state index in [1.165, 1.54) is 6.26 Å². The van der Waals surface area contributed by atoms with E-state index in [0.29, 0.717) is 6.54 Å². The van der Waals surface area contributed by atoms with Crippen LogP contribution in [0.25, 0.3) is 0 Å².